The Hall–Kier alpha value is -0.720. The maximum absolute atomic E-state index is 12.2. The molecule has 0 bridgehead atoms. The van der Waals surface area contributed by atoms with Crippen LogP contribution in [0.15, 0.2) is 22.7 Å². The van der Waals surface area contributed by atoms with Crippen LogP contribution >= 0.6 is 39.3 Å². The minimum Gasteiger partial charge on any atom is -0.479 e. The normalized spacial score (nSPS) is 22.2. The first-order valence-corrected chi connectivity index (χ1v) is 7.86. The summed E-state index contributed by atoms with van der Waals surface area (Å²) in [5, 5.41) is 12.4. The minimum atomic E-state index is -1.18. The Kier molecular flexibility index (Phi) is 4.43. The number of rotatable bonds is 3. The van der Waals surface area contributed by atoms with E-state index in [1.165, 1.54) is 17.8 Å². The Bertz CT molecular complexity index is 532. The number of hydrogen-bond acceptors (Lipinski definition) is 3. The molecule has 2 rings (SSSR count). The first-order chi connectivity index (χ1) is 8.94. The second-order valence-electron chi connectivity index (χ2n) is 4.27. The van der Waals surface area contributed by atoms with E-state index in [2.05, 4.69) is 21.2 Å². The molecule has 1 heterocycles. The first-order valence-electron chi connectivity index (χ1n) is 5.53. The van der Waals surface area contributed by atoms with Gasteiger partial charge in [-0.2, -0.15) is 11.8 Å². The van der Waals surface area contributed by atoms with Crippen LogP contribution in [0.4, 0.5) is 0 Å². The van der Waals surface area contributed by atoms with Gasteiger partial charge in [0, 0.05) is 15.2 Å². The number of halogens is 2. The molecule has 0 aromatic heterocycles. The lowest BCUT2D eigenvalue weighted by atomic mass is 9.98. The molecule has 4 nitrogen and oxygen atoms in total. The largest absolute Gasteiger partial charge is 0.479 e. The summed E-state index contributed by atoms with van der Waals surface area (Å²) < 4.78 is 0.584. The summed E-state index contributed by atoms with van der Waals surface area (Å²) in [6.07, 6.45) is 0.428. The Morgan fingerprint density at radius 2 is 2.21 bits per heavy atom. The van der Waals surface area contributed by atoms with Gasteiger partial charge in [0.15, 0.2) is 0 Å². The van der Waals surface area contributed by atoms with Crippen molar-refractivity contribution < 1.29 is 14.7 Å². The fraction of sp³-hybridized carbons (Fsp3) is 0.333. The Morgan fingerprint density at radius 3 is 2.79 bits per heavy atom. The third kappa shape index (κ3) is 3.07. The number of hydrogen-bond donors (Lipinski definition) is 2. The Balaban J connectivity index is 2.25. The molecule has 0 saturated carbocycles. The lowest BCUT2D eigenvalue weighted by molar-refractivity contribution is -0.143. The van der Waals surface area contributed by atoms with Gasteiger partial charge in [0.1, 0.15) is 5.54 Å². The first kappa shape index (κ1) is 14.7. The van der Waals surface area contributed by atoms with Gasteiger partial charge in [-0.3, -0.25) is 4.79 Å². The maximum atomic E-state index is 12.2. The quantitative estimate of drug-likeness (QED) is 0.865. The lowest BCUT2D eigenvalue weighted by Crippen LogP contribution is -2.54. The van der Waals surface area contributed by atoms with Crippen molar-refractivity contribution in [2.45, 2.75) is 12.0 Å². The van der Waals surface area contributed by atoms with Crippen molar-refractivity contribution in [1.29, 1.82) is 0 Å². The van der Waals surface area contributed by atoms with E-state index in [1.807, 2.05) is 0 Å². The highest BCUT2D eigenvalue weighted by atomic mass is 79.9. The van der Waals surface area contributed by atoms with Gasteiger partial charge in [-0.1, -0.05) is 11.6 Å². The summed E-state index contributed by atoms with van der Waals surface area (Å²) in [4.78, 5) is 23.6. The van der Waals surface area contributed by atoms with Crippen LogP contribution in [0.1, 0.15) is 16.8 Å². The van der Waals surface area contributed by atoms with Gasteiger partial charge in [0.2, 0.25) is 0 Å². The van der Waals surface area contributed by atoms with Gasteiger partial charge in [-0.25, -0.2) is 4.79 Å². The molecule has 19 heavy (non-hydrogen) atoms. The SMILES string of the molecule is O=C(NC1(C(=O)O)CCSC1)c1cc(Cl)ccc1Br. The van der Waals surface area contributed by atoms with E-state index in [1.54, 1.807) is 12.1 Å². The summed E-state index contributed by atoms with van der Waals surface area (Å²) in [6.45, 7) is 0. The molecule has 1 aliphatic rings. The van der Waals surface area contributed by atoms with E-state index < -0.39 is 17.4 Å². The van der Waals surface area contributed by atoms with Gasteiger partial charge in [-0.05, 0) is 46.3 Å². The summed E-state index contributed by atoms with van der Waals surface area (Å²) in [5.74, 6) is -0.321. The maximum Gasteiger partial charge on any atom is 0.330 e. The highest BCUT2D eigenvalue weighted by molar-refractivity contribution is 9.10. The number of benzene rings is 1. The predicted molar refractivity (Wildman–Crippen MR) is 78.9 cm³/mol. The van der Waals surface area contributed by atoms with E-state index in [9.17, 15) is 14.7 Å². The molecule has 1 aliphatic heterocycles. The minimum absolute atomic E-state index is 0.338. The second-order valence-corrected chi connectivity index (χ2v) is 6.66. The van der Waals surface area contributed by atoms with Crippen molar-refractivity contribution in [3.8, 4) is 0 Å². The summed E-state index contributed by atoms with van der Waals surface area (Å²) in [5.41, 5.74) is -0.839. The van der Waals surface area contributed by atoms with E-state index in [-0.39, 0.29) is 0 Å². The zero-order chi connectivity index (χ0) is 14.0. The average molecular weight is 365 g/mol. The van der Waals surface area contributed by atoms with Crippen LogP contribution in [0.5, 0.6) is 0 Å². The smallest absolute Gasteiger partial charge is 0.330 e. The van der Waals surface area contributed by atoms with Gasteiger partial charge in [0.25, 0.3) is 5.91 Å². The van der Waals surface area contributed by atoms with Crippen molar-refractivity contribution in [1.82, 2.24) is 5.32 Å². The molecule has 1 aromatic rings. The van der Waals surface area contributed by atoms with E-state index in [0.717, 1.165) is 5.75 Å². The summed E-state index contributed by atoms with van der Waals surface area (Å²) >= 11 is 10.6. The molecular formula is C12H11BrClNO3S. The fourth-order valence-corrected chi connectivity index (χ4v) is 3.77. The molecule has 102 valence electrons. The number of aliphatic carboxylic acids is 1. The van der Waals surface area contributed by atoms with Crippen LogP contribution < -0.4 is 5.32 Å². The van der Waals surface area contributed by atoms with Crippen LogP contribution in [-0.4, -0.2) is 34.0 Å². The molecule has 0 spiro atoms. The Morgan fingerprint density at radius 1 is 1.47 bits per heavy atom. The third-order valence-electron chi connectivity index (χ3n) is 2.96. The van der Waals surface area contributed by atoms with Crippen molar-refractivity contribution in [2.24, 2.45) is 0 Å². The van der Waals surface area contributed by atoms with Crippen LogP contribution in [-0.2, 0) is 4.79 Å². The predicted octanol–water partition coefficient (Wildman–Crippen LogP) is 2.79. The van der Waals surface area contributed by atoms with Crippen LogP contribution in [0.25, 0.3) is 0 Å². The van der Waals surface area contributed by atoms with Gasteiger partial charge >= 0.3 is 5.97 Å². The molecule has 1 unspecified atom stereocenters. The highest BCUT2D eigenvalue weighted by Gasteiger charge is 2.43. The molecule has 1 atom stereocenters. The fourth-order valence-electron chi connectivity index (χ4n) is 1.84. The topological polar surface area (TPSA) is 66.4 Å². The van der Waals surface area contributed by atoms with Gasteiger partial charge < -0.3 is 10.4 Å². The highest BCUT2D eigenvalue weighted by Crippen LogP contribution is 2.29. The lowest BCUT2D eigenvalue weighted by Gasteiger charge is -2.24. The van der Waals surface area contributed by atoms with Crippen LogP contribution in [0.2, 0.25) is 5.02 Å². The molecule has 0 aliphatic carbocycles. The zero-order valence-electron chi connectivity index (χ0n) is 9.78. The summed E-state index contributed by atoms with van der Waals surface area (Å²) in [6, 6.07) is 4.83. The molecular weight excluding hydrogens is 354 g/mol. The van der Waals surface area contributed by atoms with Crippen LogP contribution in [0.3, 0.4) is 0 Å². The Labute approximate surface area is 128 Å². The number of carbonyl (C=O) groups is 2. The van der Waals surface area contributed by atoms with Crippen LogP contribution in [0, 0.1) is 0 Å². The van der Waals surface area contributed by atoms with Crippen molar-refractivity contribution in [3.63, 3.8) is 0 Å². The molecule has 1 amide bonds. The number of thioether (sulfide) groups is 1. The zero-order valence-corrected chi connectivity index (χ0v) is 12.9. The van der Waals surface area contributed by atoms with E-state index in [4.69, 9.17) is 11.6 Å². The number of carbonyl (C=O) groups excluding carboxylic acids is 1. The molecule has 7 heteroatoms. The second kappa shape index (κ2) is 5.73. The number of nitrogens with one attached hydrogen (secondary N) is 1. The summed E-state index contributed by atoms with van der Waals surface area (Å²) in [7, 11) is 0. The van der Waals surface area contributed by atoms with Crippen molar-refractivity contribution in [2.75, 3.05) is 11.5 Å². The van der Waals surface area contributed by atoms with E-state index >= 15 is 0 Å². The number of amides is 1. The van der Waals surface area contributed by atoms with E-state index in [0.29, 0.717) is 27.2 Å². The van der Waals surface area contributed by atoms with Gasteiger partial charge in [0.05, 0.1) is 5.56 Å². The van der Waals surface area contributed by atoms with Crippen molar-refractivity contribution >= 4 is 51.2 Å². The molecule has 0 radical (unpaired) electrons. The average Bonchev–Trinajstić information content (AvgIpc) is 2.82. The standard InChI is InChI=1S/C12H11BrClNO3S/c13-9-2-1-7(14)5-8(9)10(16)15-12(11(17)18)3-4-19-6-12/h1-2,5H,3-4,6H2,(H,15,16)(H,17,18). The molecule has 2 N–H and O–H groups in total. The van der Waals surface area contributed by atoms with Crippen molar-refractivity contribution in [3.05, 3.63) is 33.3 Å². The monoisotopic (exact) mass is 363 g/mol. The van der Waals surface area contributed by atoms with Gasteiger partial charge in [-0.15, -0.1) is 0 Å². The number of carboxylic acids is 1. The molecule has 1 fully saturated rings. The molecule has 1 aromatic carbocycles. The third-order valence-corrected chi connectivity index (χ3v) is 5.07. The number of carboxylic acid groups (broad SMARTS) is 1. The molecule has 1 saturated heterocycles.